The Bertz CT molecular complexity index is 756. The van der Waals surface area contributed by atoms with Crippen molar-refractivity contribution in [1.29, 1.82) is 0 Å². The quantitative estimate of drug-likeness (QED) is 0.597. The van der Waals surface area contributed by atoms with Crippen molar-refractivity contribution in [3.63, 3.8) is 0 Å². The molecule has 3 rings (SSSR count). The molecule has 0 aliphatic heterocycles. The molecule has 6 nitrogen and oxygen atoms in total. The number of carbonyl (C=O) groups is 3. The van der Waals surface area contributed by atoms with Crippen LogP contribution >= 0.6 is 11.3 Å². The van der Waals surface area contributed by atoms with E-state index in [1.807, 2.05) is 5.38 Å². The van der Waals surface area contributed by atoms with Gasteiger partial charge in [0.15, 0.2) is 6.61 Å². The Morgan fingerprint density at radius 2 is 2.00 bits per heavy atom. The Labute approximate surface area is 176 Å². The van der Waals surface area contributed by atoms with Crippen molar-refractivity contribution >= 4 is 34.2 Å². The first-order chi connectivity index (χ1) is 13.9. The minimum atomic E-state index is -0.437. The summed E-state index contributed by atoms with van der Waals surface area (Å²) in [7, 11) is 0. The zero-order valence-corrected chi connectivity index (χ0v) is 18.3. The van der Waals surface area contributed by atoms with Gasteiger partial charge in [-0.25, -0.2) is 4.79 Å². The average Bonchev–Trinajstić information content (AvgIpc) is 3.36. The molecule has 2 aliphatic rings. The van der Waals surface area contributed by atoms with Crippen molar-refractivity contribution in [2.75, 3.05) is 18.5 Å². The normalized spacial score (nSPS) is 22.7. The summed E-state index contributed by atoms with van der Waals surface area (Å²) in [4.78, 5) is 36.8. The first-order valence-corrected chi connectivity index (χ1v) is 11.5. The van der Waals surface area contributed by atoms with Gasteiger partial charge in [0.1, 0.15) is 5.00 Å². The van der Waals surface area contributed by atoms with Gasteiger partial charge in [-0.05, 0) is 67.2 Å². The number of anilines is 1. The molecule has 0 spiro atoms. The molecule has 3 atom stereocenters. The predicted octanol–water partition coefficient (Wildman–Crippen LogP) is 4.43. The maximum atomic E-state index is 12.4. The standard InChI is InChI=1S/C22H31NO5S/c1-4-27-22(26)20-17(7-13(2)3)12-29-21(20)23-18(24)11-28-19(25)10-16-9-14-5-6-15(16)8-14/h12-16H,4-11H2,1-3H3,(H,23,24)/t14-,15-,16-/m1/s1. The molecule has 2 aliphatic carbocycles. The summed E-state index contributed by atoms with van der Waals surface area (Å²) in [6.45, 7) is 5.82. The minimum absolute atomic E-state index is 0.268. The van der Waals surface area contributed by atoms with Crippen LogP contribution in [-0.2, 0) is 25.5 Å². The van der Waals surface area contributed by atoms with Gasteiger partial charge in [0.25, 0.3) is 5.91 Å². The molecule has 1 N–H and O–H groups in total. The minimum Gasteiger partial charge on any atom is -0.462 e. The van der Waals surface area contributed by atoms with Gasteiger partial charge >= 0.3 is 11.9 Å². The Balaban J connectivity index is 1.53. The van der Waals surface area contributed by atoms with Gasteiger partial charge in [0, 0.05) is 6.42 Å². The number of ether oxygens (including phenoxy) is 2. The highest BCUT2D eigenvalue weighted by atomic mass is 32.1. The molecule has 1 amide bonds. The van der Waals surface area contributed by atoms with Crippen LogP contribution in [0.1, 0.15) is 68.8 Å². The summed E-state index contributed by atoms with van der Waals surface area (Å²) in [6, 6.07) is 0. The predicted molar refractivity (Wildman–Crippen MR) is 112 cm³/mol. The third-order valence-electron chi connectivity index (χ3n) is 5.91. The third kappa shape index (κ3) is 5.59. The number of hydrogen-bond donors (Lipinski definition) is 1. The van der Waals surface area contributed by atoms with Gasteiger partial charge in [-0.15, -0.1) is 11.3 Å². The Morgan fingerprint density at radius 3 is 2.62 bits per heavy atom. The van der Waals surface area contributed by atoms with Crippen LogP contribution in [0.3, 0.4) is 0 Å². The van der Waals surface area contributed by atoms with Crippen LogP contribution in [-0.4, -0.2) is 31.1 Å². The Morgan fingerprint density at radius 1 is 1.21 bits per heavy atom. The highest BCUT2D eigenvalue weighted by Gasteiger charge is 2.40. The van der Waals surface area contributed by atoms with Crippen LogP contribution in [0.4, 0.5) is 5.00 Å². The lowest BCUT2D eigenvalue weighted by molar-refractivity contribution is -0.148. The Hall–Kier alpha value is -1.89. The average molecular weight is 422 g/mol. The summed E-state index contributed by atoms with van der Waals surface area (Å²) >= 11 is 1.30. The van der Waals surface area contributed by atoms with Crippen LogP contribution in [0.25, 0.3) is 0 Å². The number of thiophene rings is 1. The SMILES string of the molecule is CCOC(=O)c1c(CC(C)C)csc1NC(=O)COC(=O)C[C@H]1C[C@@H]2CC[C@@H]1C2. The van der Waals surface area contributed by atoms with Crippen molar-refractivity contribution in [2.24, 2.45) is 23.7 Å². The van der Waals surface area contributed by atoms with E-state index in [0.29, 0.717) is 34.7 Å². The van der Waals surface area contributed by atoms with Gasteiger partial charge in [0.2, 0.25) is 0 Å². The molecule has 1 aromatic rings. The molecule has 2 saturated carbocycles. The largest absolute Gasteiger partial charge is 0.462 e. The van der Waals surface area contributed by atoms with Gasteiger partial charge in [-0.1, -0.05) is 20.3 Å². The summed E-state index contributed by atoms with van der Waals surface area (Å²) in [5.41, 5.74) is 1.28. The van der Waals surface area contributed by atoms with Crippen LogP contribution in [0.15, 0.2) is 5.38 Å². The number of rotatable bonds is 9. The van der Waals surface area contributed by atoms with E-state index in [1.165, 1.54) is 30.6 Å². The van der Waals surface area contributed by atoms with Crippen molar-refractivity contribution in [3.8, 4) is 0 Å². The van der Waals surface area contributed by atoms with Crippen LogP contribution in [0.2, 0.25) is 0 Å². The van der Waals surface area contributed by atoms with E-state index in [4.69, 9.17) is 9.47 Å². The summed E-state index contributed by atoms with van der Waals surface area (Å²) < 4.78 is 10.4. The summed E-state index contributed by atoms with van der Waals surface area (Å²) in [5, 5.41) is 5.05. The lowest BCUT2D eigenvalue weighted by atomic mass is 9.86. The molecule has 2 fully saturated rings. The van der Waals surface area contributed by atoms with E-state index >= 15 is 0 Å². The molecule has 0 unspecified atom stereocenters. The number of esters is 2. The maximum absolute atomic E-state index is 12.4. The van der Waals surface area contributed by atoms with E-state index in [9.17, 15) is 14.4 Å². The van der Waals surface area contributed by atoms with Crippen molar-refractivity contribution < 1.29 is 23.9 Å². The van der Waals surface area contributed by atoms with E-state index in [2.05, 4.69) is 19.2 Å². The molecule has 0 aromatic carbocycles. The molecule has 160 valence electrons. The van der Waals surface area contributed by atoms with E-state index in [1.54, 1.807) is 6.92 Å². The highest BCUT2D eigenvalue weighted by molar-refractivity contribution is 7.15. The second-order valence-corrected chi connectivity index (χ2v) is 9.51. The maximum Gasteiger partial charge on any atom is 0.341 e. The van der Waals surface area contributed by atoms with Crippen LogP contribution in [0, 0.1) is 23.7 Å². The molecule has 29 heavy (non-hydrogen) atoms. The number of nitrogens with one attached hydrogen (secondary N) is 1. The van der Waals surface area contributed by atoms with E-state index in [0.717, 1.165) is 24.3 Å². The molecular formula is C22H31NO5S. The molecule has 0 radical (unpaired) electrons. The van der Waals surface area contributed by atoms with Crippen LogP contribution in [0.5, 0.6) is 0 Å². The first-order valence-electron chi connectivity index (χ1n) is 10.6. The first kappa shape index (κ1) is 21.8. The molecular weight excluding hydrogens is 390 g/mol. The zero-order valence-electron chi connectivity index (χ0n) is 17.5. The lowest BCUT2D eigenvalue weighted by Crippen LogP contribution is -2.23. The van der Waals surface area contributed by atoms with Crippen LogP contribution < -0.4 is 5.32 Å². The number of fused-ring (bicyclic) bond motifs is 2. The molecule has 7 heteroatoms. The zero-order chi connectivity index (χ0) is 21.0. The van der Waals surface area contributed by atoms with E-state index in [-0.39, 0.29) is 19.2 Å². The highest BCUT2D eigenvalue weighted by Crippen LogP contribution is 2.49. The monoisotopic (exact) mass is 421 g/mol. The number of amides is 1. The fraction of sp³-hybridized carbons (Fsp3) is 0.682. The third-order valence-corrected chi connectivity index (χ3v) is 6.85. The fourth-order valence-electron chi connectivity index (χ4n) is 4.71. The van der Waals surface area contributed by atoms with Gasteiger partial charge in [-0.3, -0.25) is 9.59 Å². The second kappa shape index (κ2) is 9.74. The fourth-order valence-corrected chi connectivity index (χ4v) is 5.69. The van der Waals surface area contributed by atoms with Crippen molar-refractivity contribution in [1.82, 2.24) is 0 Å². The number of carbonyl (C=O) groups excluding carboxylic acids is 3. The molecule has 0 saturated heterocycles. The summed E-state index contributed by atoms with van der Waals surface area (Å²) in [5.74, 6) is 1.03. The van der Waals surface area contributed by atoms with E-state index < -0.39 is 11.9 Å². The van der Waals surface area contributed by atoms with Crippen molar-refractivity contribution in [2.45, 2.75) is 59.3 Å². The van der Waals surface area contributed by atoms with Gasteiger partial charge < -0.3 is 14.8 Å². The van der Waals surface area contributed by atoms with Crippen molar-refractivity contribution in [3.05, 3.63) is 16.5 Å². The number of hydrogen-bond acceptors (Lipinski definition) is 6. The van der Waals surface area contributed by atoms with Gasteiger partial charge in [0.05, 0.1) is 12.2 Å². The molecule has 2 bridgehead atoms. The summed E-state index contributed by atoms with van der Waals surface area (Å²) in [6.07, 6.45) is 5.99. The lowest BCUT2D eigenvalue weighted by Gasteiger charge is -2.20. The Kier molecular flexibility index (Phi) is 7.33. The van der Waals surface area contributed by atoms with Gasteiger partial charge in [-0.2, -0.15) is 0 Å². The second-order valence-electron chi connectivity index (χ2n) is 8.63. The topological polar surface area (TPSA) is 81.7 Å². The smallest absolute Gasteiger partial charge is 0.341 e. The molecule has 1 heterocycles. The molecule has 1 aromatic heterocycles.